The van der Waals surface area contributed by atoms with Crippen LogP contribution in [-0.4, -0.2) is 14.5 Å². The van der Waals surface area contributed by atoms with E-state index in [2.05, 4.69) is 168 Å². The maximum Gasteiger partial charge on any atom is 0.160 e. The van der Waals surface area contributed by atoms with Crippen molar-refractivity contribution in [3.63, 3.8) is 0 Å². The fourth-order valence-corrected chi connectivity index (χ4v) is 7.65. The molecule has 10 aromatic rings. The number of benzene rings is 8. The minimum absolute atomic E-state index is 0.708. The summed E-state index contributed by atoms with van der Waals surface area (Å²) in [5.41, 5.74) is 10.7. The van der Waals surface area contributed by atoms with E-state index in [0.29, 0.717) is 5.82 Å². The first-order chi connectivity index (χ1) is 25.3. The normalized spacial score (nSPS) is 11.5. The van der Waals surface area contributed by atoms with Crippen LogP contribution in [0.15, 0.2) is 188 Å². The van der Waals surface area contributed by atoms with Crippen LogP contribution in [0.1, 0.15) is 0 Å². The fourth-order valence-electron chi connectivity index (χ4n) is 7.65. The lowest BCUT2D eigenvalue weighted by Crippen LogP contribution is -1.98. The van der Waals surface area contributed by atoms with Crippen molar-refractivity contribution in [1.29, 1.82) is 0 Å². The van der Waals surface area contributed by atoms with Crippen LogP contribution < -0.4 is 0 Å². The predicted octanol–water partition coefficient (Wildman–Crippen LogP) is 12.5. The molecule has 0 atom stereocenters. The van der Waals surface area contributed by atoms with E-state index in [0.717, 1.165) is 33.8 Å². The van der Waals surface area contributed by atoms with Gasteiger partial charge in [-0.3, -0.25) is 0 Å². The van der Waals surface area contributed by atoms with Crippen molar-refractivity contribution in [3.8, 4) is 50.7 Å². The lowest BCUT2D eigenvalue weighted by atomic mass is 9.94. The Labute approximate surface area is 295 Å². The standard InChI is InChI=1S/C48H31N3/c1-4-15-32(16-5-1)41-30-45-47(40-26-13-12-25-39(40)41)46-38-24-11-10-17-33(38)27-28-44(46)51(45)37-23-14-22-36(29-37)43-31-42(34-18-6-2-7-19-34)49-48(50-43)35-20-8-3-9-21-35/h1-31H. The van der Waals surface area contributed by atoms with E-state index in [9.17, 15) is 0 Å². The van der Waals surface area contributed by atoms with Crippen molar-refractivity contribution in [2.75, 3.05) is 0 Å². The van der Waals surface area contributed by atoms with Gasteiger partial charge in [0.2, 0.25) is 0 Å². The Morgan fingerprint density at radius 1 is 0.353 bits per heavy atom. The highest BCUT2D eigenvalue weighted by Crippen LogP contribution is 2.44. The highest BCUT2D eigenvalue weighted by molar-refractivity contribution is 6.30. The Balaban J connectivity index is 1.27. The third kappa shape index (κ3) is 4.90. The third-order valence-electron chi connectivity index (χ3n) is 9.98. The van der Waals surface area contributed by atoms with Crippen LogP contribution in [0.5, 0.6) is 0 Å². The molecule has 2 aromatic heterocycles. The first kappa shape index (κ1) is 29.1. The third-order valence-corrected chi connectivity index (χ3v) is 9.98. The second-order valence-electron chi connectivity index (χ2n) is 13.0. The molecular weight excluding hydrogens is 619 g/mol. The van der Waals surface area contributed by atoms with Crippen LogP contribution >= 0.6 is 0 Å². The van der Waals surface area contributed by atoms with Gasteiger partial charge < -0.3 is 4.57 Å². The van der Waals surface area contributed by atoms with Crippen LogP contribution in [0.3, 0.4) is 0 Å². The Morgan fingerprint density at radius 3 is 1.67 bits per heavy atom. The fraction of sp³-hybridized carbons (Fsp3) is 0. The molecule has 3 nitrogen and oxygen atoms in total. The van der Waals surface area contributed by atoms with E-state index < -0.39 is 0 Å². The van der Waals surface area contributed by atoms with Gasteiger partial charge in [0, 0.05) is 33.2 Å². The monoisotopic (exact) mass is 649 g/mol. The van der Waals surface area contributed by atoms with Gasteiger partial charge in [-0.05, 0) is 63.0 Å². The smallest absolute Gasteiger partial charge is 0.160 e. The van der Waals surface area contributed by atoms with Crippen molar-refractivity contribution in [2.45, 2.75) is 0 Å². The Hall–Kier alpha value is -6.84. The van der Waals surface area contributed by atoms with E-state index >= 15 is 0 Å². The molecule has 0 aliphatic heterocycles. The van der Waals surface area contributed by atoms with Gasteiger partial charge in [-0.25, -0.2) is 9.97 Å². The van der Waals surface area contributed by atoms with Gasteiger partial charge in [0.25, 0.3) is 0 Å². The summed E-state index contributed by atoms with van der Waals surface area (Å²) in [6, 6.07) is 66.8. The molecule has 0 saturated heterocycles. The zero-order valence-corrected chi connectivity index (χ0v) is 27.7. The van der Waals surface area contributed by atoms with Gasteiger partial charge >= 0.3 is 0 Å². The molecule has 0 bridgehead atoms. The summed E-state index contributed by atoms with van der Waals surface area (Å²) in [7, 11) is 0. The molecule has 238 valence electrons. The van der Waals surface area contributed by atoms with Crippen LogP contribution in [0.25, 0.3) is 94.1 Å². The predicted molar refractivity (Wildman–Crippen MR) is 213 cm³/mol. The summed E-state index contributed by atoms with van der Waals surface area (Å²) in [4.78, 5) is 10.2. The van der Waals surface area contributed by atoms with Gasteiger partial charge in [-0.2, -0.15) is 0 Å². The molecule has 0 N–H and O–H groups in total. The number of fused-ring (bicyclic) bond motifs is 7. The molecule has 0 aliphatic rings. The van der Waals surface area contributed by atoms with E-state index in [4.69, 9.17) is 9.97 Å². The molecule has 0 unspecified atom stereocenters. The molecule has 2 heterocycles. The van der Waals surface area contributed by atoms with Crippen molar-refractivity contribution < 1.29 is 0 Å². The summed E-state index contributed by atoms with van der Waals surface area (Å²) in [5, 5.41) is 7.52. The summed E-state index contributed by atoms with van der Waals surface area (Å²) in [5.74, 6) is 0.708. The molecule has 0 saturated carbocycles. The SMILES string of the molecule is c1ccc(-c2cc(-c3cccc(-n4c5ccc6ccccc6c5c5c6ccccc6c(-c6ccccc6)cc54)c3)nc(-c3ccccc3)n2)cc1. The quantitative estimate of drug-likeness (QED) is 0.186. The zero-order valence-electron chi connectivity index (χ0n) is 27.7. The van der Waals surface area contributed by atoms with E-state index in [1.165, 1.54) is 54.5 Å². The van der Waals surface area contributed by atoms with Gasteiger partial charge in [0.1, 0.15) is 0 Å². The summed E-state index contributed by atoms with van der Waals surface area (Å²) < 4.78 is 2.44. The maximum atomic E-state index is 5.16. The summed E-state index contributed by atoms with van der Waals surface area (Å²) >= 11 is 0. The minimum atomic E-state index is 0.708. The lowest BCUT2D eigenvalue weighted by molar-refractivity contribution is 1.16. The largest absolute Gasteiger partial charge is 0.309 e. The second kappa shape index (κ2) is 11.9. The number of aromatic nitrogens is 3. The molecule has 0 aliphatic carbocycles. The van der Waals surface area contributed by atoms with Crippen LogP contribution in [0.2, 0.25) is 0 Å². The van der Waals surface area contributed by atoms with Gasteiger partial charge in [-0.1, -0.05) is 158 Å². The average molecular weight is 650 g/mol. The number of nitrogens with zero attached hydrogens (tertiary/aromatic N) is 3. The number of rotatable bonds is 5. The van der Waals surface area contributed by atoms with Gasteiger partial charge in [-0.15, -0.1) is 0 Å². The molecule has 0 radical (unpaired) electrons. The molecule has 0 amide bonds. The summed E-state index contributed by atoms with van der Waals surface area (Å²) in [6.45, 7) is 0. The van der Waals surface area contributed by atoms with Gasteiger partial charge in [0.15, 0.2) is 5.82 Å². The van der Waals surface area contributed by atoms with E-state index in [-0.39, 0.29) is 0 Å². The molecule has 10 rings (SSSR count). The Bertz CT molecular complexity index is 2830. The van der Waals surface area contributed by atoms with Crippen molar-refractivity contribution >= 4 is 43.4 Å². The highest BCUT2D eigenvalue weighted by atomic mass is 15.0. The first-order valence-electron chi connectivity index (χ1n) is 17.3. The van der Waals surface area contributed by atoms with Crippen molar-refractivity contribution in [1.82, 2.24) is 14.5 Å². The van der Waals surface area contributed by atoms with Crippen molar-refractivity contribution in [2.24, 2.45) is 0 Å². The maximum absolute atomic E-state index is 5.16. The van der Waals surface area contributed by atoms with E-state index in [1.54, 1.807) is 0 Å². The number of hydrogen-bond acceptors (Lipinski definition) is 2. The average Bonchev–Trinajstić information content (AvgIpc) is 3.56. The van der Waals surface area contributed by atoms with E-state index in [1.807, 2.05) is 24.3 Å². The summed E-state index contributed by atoms with van der Waals surface area (Å²) in [6.07, 6.45) is 0. The van der Waals surface area contributed by atoms with Crippen LogP contribution in [0.4, 0.5) is 0 Å². The number of hydrogen-bond donors (Lipinski definition) is 0. The van der Waals surface area contributed by atoms with Crippen molar-refractivity contribution in [3.05, 3.63) is 188 Å². The first-order valence-corrected chi connectivity index (χ1v) is 17.3. The Kier molecular flexibility index (Phi) is 6.81. The zero-order chi connectivity index (χ0) is 33.7. The molecule has 0 spiro atoms. The molecular formula is C48H31N3. The second-order valence-corrected chi connectivity index (χ2v) is 13.0. The van der Waals surface area contributed by atoms with Crippen LogP contribution in [0, 0.1) is 0 Å². The molecule has 0 fully saturated rings. The topological polar surface area (TPSA) is 30.7 Å². The Morgan fingerprint density at radius 2 is 0.922 bits per heavy atom. The van der Waals surface area contributed by atoms with Crippen LogP contribution in [-0.2, 0) is 0 Å². The molecule has 3 heteroatoms. The van der Waals surface area contributed by atoms with Gasteiger partial charge in [0.05, 0.1) is 22.4 Å². The minimum Gasteiger partial charge on any atom is -0.309 e. The highest BCUT2D eigenvalue weighted by Gasteiger charge is 2.20. The molecule has 51 heavy (non-hydrogen) atoms. The molecule has 8 aromatic carbocycles. The lowest BCUT2D eigenvalue weighted by Gasteiger charge is -2.14.